The number of sulfonamides is 1. The summed E-state index contributed by atoms with van der Waals surface area (Å²) in [6, 6.07) is 5.84. The van der Waals surface area contributed by atoms with Crippen LogP contribution in [0.25, 0.3) is 0 Å². The Balaban J connectivity index is 0.000000509. The van der Waals surface area contributed by atoms with Gasteiger partial charge in [0.15, 0.2) is 5.82 Å². The molecule has 1 aliphatic rings. The third-order valence-electron chi connectivity index (χ3n) is 4.79. The van der Waals surface area contributed by atoms with Crippen molar-refractivity contribution < 1.29 is 45.8 Å². The van der Waals surface area contributed by atoms with E-state index in [-0.39, 0.29) is 16.1 Å². The molecule has 1 aliphatic heterocycles. The van der Waals surface area contributed by atoms with Gasteiger partial charge in [0, 0.05) is 19.3 Å². The molecule has 0 bridgehead atoms. The van der Waals surface area contributed by atoms with Crippen LogP contribution in [-0.2, 0) is 14.8 Å². The van der Waals surface area contributed by atoms with Gasteiger partial charge < -0.3 is 15.1 Å². The third-order valence-corrected chi connectivity index (χ3v) is 6.15. The molecular weight excluding hydrogens is 486 g/mol. The number of nitrogens with one attached hydrogen (secondary N) is 1. The normalized spacial score (nSPS) is 14.7. The Bertz CT molecular complexity index is 1150. The lowest BCUT2D eigenvalue weighted by atomic mass is 9.99. The van der Waals surface area contributed by atoms with Crippen LogP contribution in [-0.4, -0.2) is 54.8 Å². The van der Waals surface area contributed by atoms with Crippen molar-refractivity contribution in [3.8, 4) is 0 Å². The number of aliphatic carboxylic acids is 1. The monoisotopic (exact) mass is 507 g/mol. The van der Waals surface area contributed by atoms with Crippen LogP contribution >= 0.6 is 0 Å². The molecule has 0 unspecified atom stereocenters. The molecule has 0 amide bonds. The van der Waals surface area contributed by atoms with E-state index in [9.17, 15) is 35.9 Å². The first-order valence-corrected chi connectivity index (χ1v) is 11.3. The van der Waals surface area contributed by atoms with Gasteiger partial charge in [-0.1, -0.05) is 13.0 Å². The lowest BCUT2D eigenvalue weighted by Crippen LogP contribution is -2.34. The number of carboxylic acid groups (broad SMARTS) is 2. The lowest BCUT2D eigenvalue weighted by Gasteiger charge is -2.32. The number of carbonyl (C=O) groups is 2. The molecule has 14 heteroatoms. The number of nitrogens with zero attached hydrogens (tertiary/aromatic N) is 2. The number of benzene rings is 1. The molecule has 2 aromatic rings. The van der Waals surface area contributed by atoms with Crippen molar-refractivity contribution in [2.24, 2.45) is 5.92 Å². The van der Waals surface area contributed by atoms with Crippen molar-refractivity contribution in [2.75, 3.05) is 22.7 Å². The van der Waals surface area contributed by atoms with E-state index in [4.69, 9.17) is 9.90 Å². The number of hydrogen-bond acceptors (Lipinski definition) is 6. The zero-order chi connectivity index (χ0) is 25.7. The highest BCUT2D eigenvalue weighted by molar-refractivity contribution is 7.92. The Hall–Kier alpha value is -3.42. The molecule has 3 N–H and O–H groups in total. The molecule has 2 heterocycles. The summed E-state index contributed by atoms with van der Waals surface area (Å²) in [4.78, 5) is 26.0. The SMILES string of the molecule is CC1CCN(c2ncc(C(=O)O)cc2NS(=O)(=O)c2cccc(F)c2)CC1.O=C(O)C(F)(F)F. The Labute approximate surface area is 192 Å². The summed E-state index contributed by atoms with van der Waals surface area (Å²) < 4.78 is 72.8. The first-order valence-electron chi connectivity index (χ1n) is 9.77. The Morgan fingerprint density at radius 1 is 1.15 bits per heavy atom. The molecule has 3 rings (SSSR count). The molecule has 0 aliphatic carbocycles. The Morgan fingerprint density at radius 2 is 1.74 bits per heavy atom. The summed E-state index contributed by atoms with van der Waals surface area (Å²) in [6.07, 6.45) is -2.02. The second-order valence-corrected chi connectivity index (χ2v) is 9.12. The fourth-order valence-electron chi connectivity index (χ4n) is 2.96. The van der Waals surface area contributed by atoms with Crippen molar-refractivity contribution >= 4 is 33.5 Å². The number of carboxylic acids is 2. The van der Waals surface area contributed by atoms with E-state index in [1.807, 2.05) is 4.90 Å². The van der Waals surface area contributed by atoms with E-state index in [1.165, 1.54) is 24.4 Å². The van der Waals surface area contributed by atoms with Crippen molar-refractivity contribution in [3.05, 3.63) is 47.9 Å². The molecule has 0 spiro atoms. The first-order chi connectivity index (χ1) is 15.7. The highest BCUT2D eigenvalue weighted by Gasteiger charge is 2.38. The minimum atomic E-state index is -5.08. The van der Waals surface area contributed by atoms with Gasteiger partial charge in [-0.15, -0.1) is 0 Å². The maximum Gasteiger partial charge on any atom is 0.490 e. The fourth-order valence-corrected chi connectivity index (χ4v) is 4.04. The van der Waals surface area contributed by atoms with Crippen LogP contribution < -0.4 is 9.62 Å². The molecule has 0 radical (unpaired) electrons. The van der Waals surface area contributed by atoms with Gasteiger partial charge >= 0.3 is 18.1 Å². The topological polar surface area (TPSA) is 137 Å². The van der Waals surface area contributed by atoms with Gasteiger partial charge in [-0.3, -0.25) is 4.72 Å². The van der Waals surface area contributed by atoms with E-state index in [1.54, 1.807) is 0 Å². The van der Waals surface area contributed by atoms with Gasteiger partial charge in [0.2, 0.25) is 0 Å². The van der Waals surface area contributed by atoms with E-state index < -0.39 is 34.0 Å². The molecule has 186 valence electrons. The predicted octanol–water partition coefficient (Wildman–Crippen LogP) is 3.59. The van der Waals surface area contributed by atoms with Crippen molar-refractivity contribution in [1.82, 2.24) is 4.98 Å². The maximum absolute atomic E-state index is 13.4. The summed E-state index contributed by atoms with van der Waals surface area (Å²) in [6.45, 7) is 3.52. The van der Waals surface area contributed by atoms with Crippen LogP contribution in [0.15, 0.2) is 41.4 Å². The van der Waals surface area contributed by atoms with Gasteiger partial charge in [-0.25, -0.2) is 27.4 Å². The highest BCUT2D eigenvalue weighted by atomic mass is 32.2. The van der Waals surface area contributed by atoms with Gasteiger partial charge in [0.05, 0.1) is 16.1 Å². The van der Waals surface area contributed by atoms with Crippen molar-refractivity contribution in [2.45, 2.75) is 30.8 Å². The first kappa shape index (κ1) is 26.8. The Morgan fingerprint density at radius 3 is 2.24 bits per heavy atom. The van der Waals surface area contributed by atoms with Crippen LogP contribution in [0.2, 0.25) is 0 Å². The average molecular weight is 507 g/mol. The average Bonchev–Trinajstić information content (AvgIpc) is 2.74. The number of aromatic carboxylic acids is 1. The molecular formula is C20H21F4N3O6S. The minimum absolute atomic E-state index is 0.0636. The number of pyridine rings is 1. The van der Waals surface area contributed by atoms with Crippen LogP contribution in [0.4, 0.5) is 29.1 Å². The summed E-state index contributed by atoms with van der Waals surface area (Å²) in [5.41, 5.74) is -0.0743. The van der Waals surface area contributed by atoms with Crippen LogP contribution in [0.5, 0.6) is 0 Å². The molecule has 0 saturated carbocycles. The molecule has 1 aromatic carbocycles. The van der Waals surface area contributed by atoms with Crippen LogP contribution in [0.1, 0.15) is 30.1 Å². The summed E-state index contributed by atoms with van der Waals surface area (Å²) in [7, 11) is -4.10. The fraction of sp³-hybridized carbons (Fsp3) is 0.350. The van der Waals surface area contributed by atoms with E-state index >= 15 is 0 Å². The quantitative estimate of drug-likeness (QED) is 0.523. The van der Waals surface area contributed by atoms with E-state index in [0.29, 0.717) is 24.8 Å². The number of aromatic nitrogens is 1. The van der Waals surface area contributed by atoms with Gasteiger partial charge in [-0.2, -0.15) is 13.2 Å². The predicted molar refractivity (Wildman–Crippen MR) is 113 cm³/mol. The van der Waals surface area contributed by atoms with E-state index in [0.717, 1.165) is 25.0 Å². The molecule has 1 aromatic heterocycles. The molecule has 9 nitrogen and oxygen atoms in total. The number of rotatable bonds is 5. The summed E-state index contributed by atoms with van der Waals surface area (Å²) in [5.74, 6) is -3.72. The zero-order valence-corrected chi connectivity index (χ0v) is 18.5. The molecule has 34 heavy (non-hydrogen) atoms. The molecule has 1 saturated heterocycles. The number of hydrogen-bond donors (Lipinski definition) is 3. The van der Waals surface area contributed by atoms with Gasteiger partial charge in [0.25, 0.3) is 10.0 Å². The maximum atomic E-state index is 13.4. The molecule has 1 fully saturated rings. The summed E-state index contributed by atoms with van der Waals surface area (Å²) in [5, 5.41) is 16.3. The number of alkyl halides is 3. The van der Waals surface area contributed by atoms with Gasteiger partial charge in [0.1, 0.15) is 5.82 Å². The second kappa shape index (κ2) is 10.7. The Kier molecular flexibility index (Phi) is 8.42. The standard InChI is InChI=1S/C18H20FN3O4S.C2HF3O2/c1-12-5-7-22(8-6-12)17-16(9-13(11-20-17)18(23)24)21-27(25,26)15-4-2-3-14(19)10-15;3-2(4,5)1(6)7/h2-4,9-12,21H,5-8H2,1H3,(H,23,24);(H,6,7). The number of halogens is 4. The molecule has 0 atom stereocenters. The van der Waals surface area contributed by atoms with Gasteiger partial charge in [-0.05, 0) is 43.0 Å². The van der Waals surface area contributed by atoms with Crippen LogP contribution in [0.3, 0.4) is 0 Å². The lowest BCUT2D eigenvalue weighted by molar-refractivity contribution is -0.192. The van der Waals surface area contributed by atoms with Crippen molar-refractivity contribution in [1.29, 1.82) is 0 Å². The smallest absolute Gasteiger partial charge is 0.478 e. The minimum Gasteiger partial charge on any atom is -0.478 e. The third kappa shape index (κ3) is 7.30. The van der Waals surface area contributed by atoms with E-state index in [2.05, 4.69) is 16.6 Å². The second-order valence-electron chi connectivity index (χ2n) is 7.44. The number of anilines is 2. The largest absolute Gasteiger partial charge is 0.490 e. The highest BCUT2D eigenvalue weighted by Crippen LogP contribution is 2.30. The number of piperidine rings is 1. The van der Waals surface area contributed by atoms with Crippen LogP contribution in [0, 0.1) is 11.7 Å². The summed E-state index contributed by atoms with van der Waals surface area (Å²) >= 11 is 0. The van der Waals surface area contributed by atoms with Crippen molar-refractivity contribution in [3.63, 3.8) is 0 Å². The zero-order valence-electron chi connectivity index (χ0n) is 17.7.